The van der Waals surface area contributed by atoms with Crippen molar-refractivity contribution in [2.75, 3.05) is 26.1 Å². The summed E-state index contributed by atoms with van der Waals surface area (Å²) in [6.07, 6.45) is 0.256. The largest absolute Gasteiger partial charge is 0.453 e. The van der Waals surface area contributed by atoms with Crippen LogP contribution in [0.25, 0.3) is 0 Å². The number of aromatic nitrogens is 2. The van der Waals surface area contributed by atoms with Crippen LogP contribution in [0.3, 0.4) is 0 Å². The number of carbonyl (C=O) groups excluding carboxylic acids is 1. The van der Waals surface area contributed by atoms with Gasteiger partial charge in [0, 0.05) is 37.3 Å². The van der Waals surface area contributed by atoms with Crippen LogP contribution in [0.5, 0.6) is 0 Å². The first-order valence-corrected chi connectivity index (χ1v) is 7.48. The Morgan fingerprint density at radius 2 is 2.05 bits per heavy atom. The molecular formula is C14H18N4O3S. The van der Waals surface area contributed by atoms with Crippen LogP contribution in [0.1, 0.15) is 11.4 Å². The van der Waals surface area contributed by atoms with E-state index in [0.29, 0.717) is 19.6 Å². The van der Waals surface area contributed by atoms with Crippen molar-refractivity contribution in [3.8, 4) is 0 Å². The van der Waals surface area contributed by atoms with E-state index in [2.05, 4.69) is 24.7 Å². The lowest BCUT2D eigenvalue weighted by Gasteiger charge is -2.06. The molecule has 8 heteroatoms. The van der Waals surface area contributed by atoms with Crippen molar-refractivity contribution >= 4 is 28.4 Å². The number of carbonyl (C=O) groups is 1. The van der Waals surface area contributed by atoms with Crippen LogP contribution in [0.2, 0.25) is 0 Å². The number of hydrogen-bond donors (Lipinski definition) is 2. The van der Waals surface area contributed by atoms with Gasteiger partial charge in [-0.2, -0.15) is 4.37 Å². The summed E-state index contributed by atoms with van der Waals surface area (Å²) in [6.45, 7) is 1.03. The van der Waals surface area contributed by atoms with Gasteiger partial charge in [0.25, 0.3) is 0 Å². The number of amides is 1. The highest BCUT2D eigenvalue weighted by molar-refractivity contribution is 7.09. The first-order valence-electron chi connectivity index (χ1n) is 6.70. The smallest absolute Gasteiger partial charge is 0.407 e. The van der Waals surface area contributed by atoms with Crippen molar-refractivity contribution < 1.29 is 14.3 Å². The zero-order valence-electron chi connectivity index (χ0n) is 12.5. The van der Waals surface area contributed by atoms with Gasteiger partial charge in [-0.15, -0.1) is 0 Å². The van der Waals surface area contributed by atoms with Gasteiger partial charge in [-0.3, -0.25) is 0 Å². The number of benzene rings is 1. The van der Waals surface area contributed by atoms with Crippen molar-refractivity contribution in [2.24, 2.45) is 0 Å². The lowest BCUT2D eigenvalue weighted by Crippen LogP contribution is -2.22. The molecule has 0 aliphatic heterocycles. The molecular weight excluding hydrogens is 304 g/mol. The highest BCUT2D eigenvalue weighted by Gasteiger charge is 2.04. The van der Waals surface area contributed by atoms with Crippen LogP contribution in [0, 0.1) is 0 Å². The topological polar surface area (TPSA) is 85.4 Å². The summed E-state index contributed by atoms with van der Waals surface area (Å²) >= 11 is 1.31. The van der Waals surface area contributed by atoms with E-state index in [1.807, 2.05) is 24.3 Å². The number of nitrogens with one attached hydrogen (secondary N) is 2. The summed E-state index contributed by atoms with van der Waals surface area (Å²) in [7, 11) is 2.99. The van der Waals surface area contributed by atoms with E-state index in [-0.39, 0.29) is 0 Å². The van der Waals surface area contributed by atoms with Gasteiger partial charge in [-0.05, 0) is 17.7 Å². The van der Waals surface area contributed by atoms with Crippen LogP contribution in [-0.4, -0.2) is 36.3 Å². The van der Waals surface area contributed by atoms with E-state index in [4.69, 9.17) is 4.74 Å². The van der Waals surface area contributed by atoms with E-state index in [1.54, 1.807) is 7.11 Å². The third-order valence-corrected chi connectivity index (χ3v) is 3.49. The molecule has 0 spiro atoms. The Morgan fingerprint density at radius 1 is 1.27 bits per heavy atom. The number of methoxy groups -OCH3 is 2. The van der Waals surface area contributed by atoms with Crippen molar-refractivity contribution in [3.63, 3.8) is 0 Å². The highest BCUT2D eigenvalue weighted by atomic mass is 32.1. The third kappa shape index (κ3) is 4.97. The van der Waals surface area contributed by atoms with Crippen molar-refractivity contribution in [1.29, 1.82) is 0 Å². The van der Waals surface area contributed by atoms with Crippen molar-refractivity contribution in [2.45, 2.75) is 13.0 Å². The lowest BCUT2D eigenvalue weighted by atomic mass is 10.2. The molecule has 1 aromatic heterocycles. The van der Waals surface area contributed by atoms with E-state index in [9.17, 15) is 4.79 Å². The maximum Gasteiger partial charge on any atom is 0.407 e. The SMILES string of the molecule is COCCc1nsc(Nc2ccc(CNC(=O)OC)cc2)n1. The molecule has 0 saturated heterocycles. The number of anilines is 2. The molecule has 7 nitrogen and oxygen atoms in total. The minimum atomic E-state index is -0.445. The molecule has 2 aromatic rings. The van der Waals surface area contributed by atoms with Crippen LogP contribution in [0.15, 0.2) is 24.3 Å². The average molecular weight is 322 g/mol. The second-order valence-corrected chi connectivity index (χ2v) is 5.18. The number of ether oxygens (including phenoxy) is 2. The fraction of sp³-hybridized carbons (Fsp3) is 0.357. The molecule has 0 radical (unpaired) electrons. The lowest BCUT2D eigenvalue weighted by molar-refractivity contribution is 0.170. The van der Waals surface area contributed by atoms with E-state index in [1.165, 1.54) is 18.6 Å². The van der Waals surface area contributed by atoms with Crippen molar-refractivity contribution in [3.05, 3.63) is 35.7 Å². The minimum absolute atomic E-state index is 0.424. The molecule has 1 amide bonds. The van der Waals surface area contributed by atoms with E-state index in [0.717, 1.165) is 22.2 Å². The molecule has 0 fully saturated rings. The van der Waals surface area contributed by atoms with Gasteiger partial charge in [-0.25, -0.2) is 9.78 Å². The van der Waals surface area contributed by atoms with Crippen LogP contribution in [0.4, 0.5) is 15.6 Å². The summed E-state index contributed by atoms with van der Waals surface area (Å²) in [6, 6.07) is 7.69. The van der Waals surface area contributed by atoms with Gasteiger partial charge in [0.1, 0.15) is 5.82 Å². The Kier molecular flexibility index (Phi) is 6.11. The molecule has 0 saturated carbocycles. The second-order valence-electron chi connectivity index (χ2n) is 4.43. The summed E-state index contributed by atoms with van der Waals surface area (Å²) in [5.41, 5.74) is 1.89. The molecule has 1 aromatic carbocycles. The van der Waals surface area contributed by atoms with E-state index >= 15 is 0 Å². The van der Waals surface area contributed by atoms with Crippen LogP contribution < -0.4 is 10.6 Å². The Hall–Kier alpha value is -2.19. The number of alkyl carbamates (subject to hydrolysis) is 1. The van der Waals surface area contributed by atoms with Gasteiger partial charge in [0.15, 0.2) is 0 Å². The molecule has 0 unspecified atom stereocenters. The van der Waals surface area contributed by atoms with Gasteiger partial charge in [0.05, 0.1) is 13.7 Å². The first kappa shape index (κ1) is 16.2. The Balaban J connectivity index is 1.88. The monoisotopic (exact) mass is 322 g/mol. The van der Waals surface area contributed by atoms with Gasteiger partial charge in [-0.1, -0.05) is 12.1 Å². The highest BCUT2D eigenvalue weighted by Crippen LogP contribution is 2.19. The standard InChI is InChI=1S/C14H18N4O3S/c1-20-8-7-12-17-13(22-18-12)16-11-5-3-10(4-6-11)9-15-14(19)21-2/h3-6H,7-9H2,1-2H3,(H,15,19)(H,16,17,18). The molecule has 2 rings (SSSR count). The van der Waals surface area contributed by atoms with E-state index < -0.39 is 6.09 Å². The molecule has 0 aliphatic rings. The van der Waals surface area contributed by atoms with Crippen molar-refractivity contribution in [1.82, 2.24) is 14.7 Å². The number of nitrogens with zero attached hydrogens (tertiary/aromatic N) is 2. The zero-order chi connectivity index (χ0) is 15.8. The van der Waals surface area contributed by atoms with Gasteiger partial charge >= 0.3 is 6.09 Å². The fourth-order valence-electron chi connectivity index (χ4n) is 1.68. The predicted octanol–water partition coefficient (Wildman–Crippen LogP) is 2.33. The van der Waals surface area contributed by atoms with Gasteiger partial charge in [0.2, 0.25) is 5.13 Å². The quantitative estimate of drug-likeness (QED) is 0.814. The maximum atomic E-state index is 11.0. The Morgan fingerprint density at radius 3 is 2.73 bits per heavy atom. The second kappa shape index (κ2) is 8.30. The van der Waals surface area contributed by atoms with Gasteiger partial charge < -0.3 is 20.1 Å². The molecule has 0 atom stereocenters. The number of rotatable bonds is 7. The van der Waals surface area contributed by atoms with Crippen LogP contribution in [-0.2, 0) is 22.4 Å². The Labute approximate surface area is 132 Å². The first-order chi connectivity index (χ1) is 10.7. The molecule has 1 heterocycles. The fourth-order valence-corrected chi connectivity index (χ4v) is 2.31. The van der Waals surface area contributed by atoms with Crippen LogP contribution >= 0.6 is 11.5 Å². The Bertz CT molecular complexity index is 600. The molecule has 0 aliphatic carbocycles. The summed E-state index contributed by atoms with van der Waals surface area (Å²) in [5.74, 6) is 0.772. The molecule has 2 N–H and O–H groups in total. The zero-order valence-corrected chi connectivity index (χ0v) is 13.3. The summed E-state index contributed by atoms with van der Waals surface area (Å²) in [4.78, 5) is 15.4. The molecule has 0 bridgehead atoms. The maximum absolute atomic E-state index is 11.0. The predicted molar refractivity (Wildman–Crippen MR) is 84.5 cm³/mol. The summed E-state index contributed by atoms with van der Waals surface area (Å²) in [5, 5.41) is 6.57. The summed E-state index contributed by atoms with van der Waals surface area (Å²) < 4.78 is 13.8. The normalized spacial score (nSPS) is 10.3. The molecule has 22 heavy (non-hydrogen) atoms. The third-order valence-electron chi connectivity index (χ3n) is 2.83. The average Bonchev–Trinajstić information content (AvgIpc) is 2.99. The molecule has 118 valence electrons. The minimum Gasteiger partial charge on any atom is -0.453 e. The number of hydrogen-bond acceptors (Lipinski definition) is 7.